The maximum Gasteiger partial charge on any atom is 0.295 e. The molecule has 1 N–H and O–H groups in total. The number of likely N-dealkylation sites (tertiary alicyclic amines) is 1. The molecule has 1 atom stereocenters. The number of hydrogen-bond donors (Lipinski definition) is 1. The Bertz CT molecular complexity index is 1180. The molecule has 10 heteroatoms. The molecule has 2 aromatic carbocycles. The number of carbonyl (C=O) groups excluding carboxylic acids is 2. The number of nitrogens with zero attached hydrogens (tertiary/aromatic N) is 2. The van der Waals surface area contributed by atoms with Gasteiger partial charge in [-0.2, -0.15) is 0 Å². The number of methoxy groups -OCH3 is 3. The van der Waals surface area contributed by atoms with E-state index in [0.717, 1.165) is 13.1 Å². The zero-order chi connectivity index (χ0) is 25.8. The van der Waals surface area contributed by atoms with Crippen LogP contribution in [0.4, 0.5) is 0 Å². The number of aliphatic hydroxyl groups excluding tert-OH is 1. The van der Waals surface area contributed by atoms with E-state index >= 15 is 0 Å². The smallest absolute Gasteiger partial charge is 0.295 e. The fraction of sp³-hybridized carbons (Fsp3) is 0.385. The number of morpholine rings is 1. The highest BCUT2D eigenvalue weighted by atomic mass is 35.5. The lowest BCUT2D eigenvalue weighted by atomic mass is 9.94. The van der Waals surface area contributed by atoms with Gasteiger partial charge in [0.1, 0.15) is 23.0 Å². The molecule has 2 heterocycles. The zero-order valence-electron chi connectivity index (χ0n) is 20.5. The number of carbonyl (C=O) groups is 2. The standard InChI is InChI=1S/C26H29ClN2O7/c1-33-17-5-7-20(34-2)18(15-17)23-22(24(30)16-4-6-21(35-3)19(27)14-16)25(31)26(32)29(23)9-8-28-10-12-36-13-11-28/h4-7,14-15,23,30H,8-13H2,1-3H3/t23-/m0/s1. The predicted molar refractivity (Wildman–Crippen MR) is 134 cm³/mol. The first-order valence-electron chi connectivity index (χ1n) is 11.5. The van der Waals surface area contributed by atoms with Gasteiger partial charge in [0.05, 0.1) is 51.2 Å². The van der Waals surface area contributed by atoms with E-state index < -0.39 is 17.7 Å². The number of halogens is 1. The third kappa shape index (κ3) is 5.00. The van der Waals surface area contributed by atoms with E-state index in [1.807, 2.05) is 0 Å². The Morgan fingerprint density at radius 3 is 2.33 bits per heavy atom. The molecule has 192 valence electrons. The van der Waals surface area contributed by atoms with E-state index in [2.05, 4.69) is 4.90 Å². The highest BCUT2D eigenvalue weighted by molar-refractivity contribution is 6.46. The van der Waals surface area contributed by atoms with Gasteiger partial charge in [-0.3, -0.25) is 14.5 Å². The van der Waals surface area contributed by atoms with Crippen molar-refractivity contribution in [2.24, 2.45) is 0 Å². The van der Waals surface area contributed by atoms with Crippen molar-refractivity contribution in [3.63, 3.8) is 0 Å². The van der Waals surface area contributed by atoms with Crippen LogP contribution in [0.1, 0.15) is 17.2 Å². The summed E-state index contributed by atoms with van der Waals surface area (Å²) in [6.45, 7) is 3.53. The Morgan fingerprint density at radius 2 is 1.69 bits per heavy atom. The van der Waals surface area contributed by atoms with E-state index in [1.54, 1.807) is 30.3 Å². The van der Waals surface area contributed by atoms with E-state index in [1.165, 1.54) is 32.3 Å². The minimum absolute atomic E-state index is 0.0465. The Hall–Kier alpha value is -3.27. The Morgan fingerprint density at radius 1 is 1.00 bits per heavy atom. The first kappa shape index (κ1) is 25.8. The SMILES string of the molecule is COc1ccc(OC)c([C@H]2C(=C(O)c3ccc(OC)c(Cl)c3)C(=O)C(=O)N2CCN2CCOCC2)c1. The normalized spacial score (nSPS) is 20.0. The van der Waals surface area contributed by atoms with Crippen LogP contribution in [0.25, 0.3) is 5.76 Å². The van der Waals surface area contributed by atoms with Crippen molar-refractivity contribution in [1.29, 1.82) is 0 Å². The topological polar surface area (TPSA) is 97.8 Å². The largest absolute Gasteiger partial charge is 0.507 e. The molecule has 36 heavy (non-hydrogen) atoms. The van der Waals surface area contributed by atoms with Gasteiger partial charge in [-0.25, -0.2) is 0 Å². The third-order valence-corrected chi connectivity index (χ3v) is 6.75. The minimum Gasteiger partial charge on any atom is -0.507 e. The lowest BCUT2D eigenvalue weighted by molar-refractivity contribution is -0.140. The van der Waals surface area contributed by atoms with Gasteiger partial charge in [-0.05, 0) is 36.4 Å². The second-order valence-electron chi connectivity index (χ2n) is 8.40. The first-order valence-corrected chi connectivity index (χ1v) is 11.9. The monoisotopic (exact) mass is 516 g/mol. The zero-order valence-corrected chi connectivity index (χ0v) is 21.2. The summed E-state index contributed by atoms with van der Waals surface area (Å²) in [6.07, 6.45) is 0. The molecule has 0 bridgehead atoms. The fourth-order valence-electron chi connectivity index (χ4n) is 4.53. The summed E-state index contributed by atoms with van der Waals surface area (Å²) in [4.78, 5) is 30.3. The molecule has 0 aliphatic carbocycles. The van der Waals surface area contributed by atoms with E-state index in [4.69, 9.17) is 30.5 Å². The van der Waals surface area contributed by atoms with Crippen LogP contribution < -0.4 is 14.2 Å². The van der Waals surface area contributed by atoms with Crippen molar-refractivity contribution in [1.82, 2.24) is 9.80 Å². The van der Waals surface area contributed by atoms with Crippen LogP contribution in [0.3, 0.4) is 0 Å². The molecule has 4 rings (SSSR count). The molecule has 2 fully saturated rings. The highest BCUT2D eigenvalue weighted by Gasteiger charge is 2.47. The van der Waals surface area contributed by atoms with Gasteiger partial charge in [-0.15, -0.1) is 0 Å². The summed E-state index contributed by atoms with van der Waals surface area (Å²) >= 11 is 6.28. The molecule has 0 unspecified atom stereocenters. The van der Waals surface area contributed by atoms with Crippen LogP contribution in [-0.4, -0.2) is 87.3 Å². The molecular weight excluding hydrogens is 488 g/mol. The first-order chi connectivity index (χ1) is 17.4. The number of rotatable bonds is 8. The molecule has 2 aliphatic heterocycles. The molecule has 0 aromatic heterocycles. The van der Waals surface area contributed by atoms with Crippen molar-refractivity contribution < 1.29 is 33.6 Å². The van der Waals surface area contributed by atoms with Crippen LogP contribution in [0, 0.1) is 0 Å². The molecule has 1 amide bonds. The number of aliphatic hydroxyl groups is 1. The summed E-state index contributed by atoms with van der Waals surface area (Å²) in [5, 5.41) is 11.6. The summed E-state index contributed by atoms with van der Waals surface area (Å²) in [5.74, 6) is -0.405. The van der Waals surface area contributed by atoms with Gasteiger partial charge in [0.15, 0.2) is 0 Å². The predicted octanol–water partition coefficient (Wildman–Crippen LogP) is 3.12. The lowest BCUT2D eigenvalue weighted by Gasteiger charge is -2.31. The molecule has 0 radical (unpaired) electrons. The molecule has 2 saturated heterocycles. The van der Waals surface area contributed by atoms with Crippen molar-refractivity contribution in [3.8, 4) is 17.2 Å². The maximum atomic E-state index is 13.4. The van der Waals surface area contributed by atoms with Gasteiger partial charge in [-0.1, -0.05) is 11.6 Å². The van der Waals surface area contributed by atoms with Crippen LogP contribution >= 0.6 is 11.6 Å². The third-order valence-electron chi connectivity index (χ3n) is 6.46. The second-order valence-corrected chi connectivity index (χ2v) is 8.81. The number of ether oxygens (including phenoxy) is 4. The van der Waals surface area contributed by atoms with E-state index in [9.17, 15) is 14.7 Å². The lowest BCUT2D eigenvalue weighted by Crippen LogP contribution is -2.42. The molecule has 2 aromatic rings. The number of benzene rings is 2. The van der Waals surface area contributed by atoms with Crippen molar-refractivity contribution in [3.05, 3.63) is 58.1 Å². The van der Waals surface area contributed by atoms with E-state index in [0.29, 0.717) is 48.1 Å². The van der Waals surface area contributed by atoms with Crippen LogP contribution in [-0.2, 0) is 14.3 Å². The van der Waals surface area contributed by atoms with Gasteiger partial charge in [0.25, 0.3) is 11.7 Å². The summed E-state index contributed by atoms with van der Waals surface area (Å²) in [7, 11) is 4.52. The van der Waals surface area contributed by atoms with E-state index in [-0.39, 0.29) is 22.9 Å². The molecule has 0 saturated carbocycles. The molecule has 9 nitrogen and oxygen atoms in total. The summed E-state index contributed by atoms with van der Waals surface area (Å²) < 4.78 is 21.6. The Kier molecular flexibility index (Phi) is 8.03. The Labute approximate surface area is 214 Å². The highest BCUT2D eigenvalue weighted by Crippen LogP contribution is 2.44. The molecular formula is C26H29ClN2O7. The van der Waals surface area contributed by atoms with Crippen LogP contribution in [0.5, 0.6) is 17.2 Å². The minimum atomic E-state index is -0.892. The molecule has 0 spiro atoms. The van der Waals surface area contributed by atoms with Gasteiger partial charge >= 0.3 is 0 Å². The van der Waals surface area contributed by atoms with Crippen molar-refractivity contribution in [2.45, 2.75) is 6.04 Å². The molecule has 2 aliphatic rings. The van der Waals surface area contributed by atoms with Crippen molar-refractivity contribution in [2.75, 3.05) is 60.7 Å². The fourth-order valence-corrected chi connectivity index (χ4v) is 4.79. The summed E-state index contributed by atoms with van der Waals surface area (Å²) in [5.41, 5.74) is 0.771. The van der Waals surface area contributed by atoms with Crippen LogP contribution in [0.2, 0.25) is 5.02 Å². The Balaban J connectivity index is 1.83. The summed E-state index contributed by atoms with van der Waals surface area (Å²) in [6, 6.07) is 8.93. The van der Waals surface area contributed by atoms with Gasteiger partial charge < -0.3 is 29.0 Å². The number of amides is 1. The second kappa shape index (κ2) is 11.2. The number of hydrogen-bond acceptors (Lipinski definition) is 8. The van der Waals surface area contributed by atoms with Crippen LogP contribution in [0.15, 0.2) is 42.0 Å². The number of Topliss-reactive ketones (excluding diaryl/α,β-unsaturated/α-hetero) is 1. The van der Waals surface area contributed by atoms with Crippen molar-refractivity contribution >= 4 is 29.1 Å². The van der Waals surface area contributed by atoms with Gasteiger partial charge in [0, 0.05) is 37.3 Å². The quantitative estimate of drug-likeness (QED) is 0.325. The average Bonchev–Trinajstić information content (AvgIpc) is 3.16. The number of ketones is 1. The van der Waals surface area contributed by atoms with Gasteiger partial charge in [0.2, 0.25) is 0 Å². The average molecular weight is 517 g/mol. The maximum absolute atomic E-state index is 13.4.